The highest BCUT2D eigenvalue weighted by Crippen LogP contribution is 2.22. The van der Waals surface area contributed by atoms with Crippen LogP contribution in [0.3, 0.4) is 0 Å². The van der Waals surface area contributed by atoms with Gasteiger partial charge in [0.05, 0.1) is 12.1 Å². The van der Waals surface area contributed by atoms with Gasteiger partial charge in [-0.05, 0) is 19.2 Å². The Kier molecular flexibility index (Phi) is 2.70. The van der Waals surface area contributed by atoms with Crippen LogP contribution >= 0.6 is 11.6 Å². The molecule has 0 aliphatic carbocycles. The number of hydrogen-bond acceptors (Lipinski definition) is 2. The van der Waals surface area contributed by atoms with Crippen molar-refractivity contribution in [2.75, 3.05) is 13.6 Å². The first-order chi connectivity index (χ1) is 6.83. The predicted octanol–water partition coefficient (Wildman–Crippen LogP) is 1.91. The van der Waals surface area contributed by atoms with E-state index in [1.165, 1.54) is 0 Å². The fourth-order valence-corrected chi connectivity index (χ4v) is 1.70. The first-order valence-electron chi connectivity index (χ1n) is 4.58. The monoisotopic (exact) mass is 209 g/mol. The number of rotatable bonds is 3. The number of aromatic nitrogens is 2. The van der Waals surface area contributed by atoms with Crippen molar-refractivity contribution in [3.05, 3.63) is 29.4 Å². The highest BCUT2D eigenvalue weighted by Gasteiger charge is 2.06. The zero-order chi connectivity index (χ0) is 9.97. The number of halogens is 1. The zero-order valence-electron chi connectivity index (χ0n) is 8.00. The van der Waals surface area contributed by atoms with E-state index >= 15 is 0 Å². The summed E-state index contributed by atoms with van der Waals surface area (Å²) >= 11 is 6.17. The Morgan fingerprint density at radius 2 is 2.21 bits per heavy atom. The second-order valence-electron chi connectivity index (χ2n) is 3.13. The molecule has 0 bridgehead atoms. The maximum Gasteiger partial charge on any atom is 0.134 e. The molecule has 0 spiro atoms. The van der Waals surface area contributed by atoms with Crippen LogP contribution in [0.25, 0.3) is 10.9 Å². The molecule has 74 valence electrons. The molecular weight excluding hydrogens is 198 g/mol. The number of nitrogens with zero attached hydrogens (tertiary/aromatic N) is 2. The summed E-state index contributed by atoms with van der Waals surface area (Å²) in [5.41, 5.74) is 0.952. The van der Waals surface area contributed by atoms with Gasteiger partial charge in [0, 0.05) is 11.9 Å². The summed E-state index contributed by atoms with van der Waals surface area (Å²) in [5, 5.41) is 9.20. The van der Waals surface area contributed by atoms with E-state index in [0.29, 0.717) is 0 Å². The highest BCUT2D eigenvalue weighted by molar-refractivity contribution is 6.34. The van der Waals surface area contributed by atoms with Crippen molar-refractivity contribution in [1.29, 1.82) is 0 Å². The SMILES string of the molecule is CNCCn1nc2ccccc2c1Cl. The quantitative estimate of drug-likeness (QED) is 0.837. The van der Waals surface area contributed by atoms with Crippen molar-refractivity contribution in [1.82, 2.24) is 15.1 Å². The van der Waals surface area contributed by atoms with Crippen LogP contribution < -0.4 is 5.32 Å². The minimum absolute atomic E-state index is 0.718. The van der Waals surface area contributed by atoms with Crippen LogP contribution in [0.4, 0.5) is 0 Å². The van der Waals surface area contributed by atoms with E-state index in [1.54, 1.807) is 0 Å². The molecule has 1 aromatic carbocycles. The topological polar surface area (TPSA) is 29.9 Å². The number of hydrogen-bond donors (Lipinski definition) is 1. The van der Waals surface area contributed by atoms with E-state index in [-0.39, 0.29) is 0 Å². The van der Waals surface area contributed by atoms with Crippen LogP contribution in [0.2, 0.25) is 5.15 Å². The van der Waals surface area contributed by atoms with Gasteiger partial charge in [0.2, 0.25) is 0 Å². The normalized spacial score (nSPS) is 11.0. The van der Waals surface area contributed by atoms with Crippen LogP contribution in [0.15, 0.2) is 24.3 Å². The summed E-state index contributed by atoms with van der Waals surface area (Å²) in [5.74, 6) is 0. The van der Waals surface area contributed by atoms with Gasteiger partial charge in [-0.2, -0.15) is 5.10 Å². The third-order valence-electron chi connectivity index (χ3n) is 2.15. The summed E-state index contributed by atoms with van der Waals surface area (Å²) < 4.78 is 1.82. The fraction of sp³-hybridized carbons (Fsp3) is 0.300. The van der Waals surface area contributed by atoms with Gasteiger partial charge in [-0.25, -0.2) is 0 Å². The summed E-state index contributed by atoms with van der Waals surface area (Å²) in [6.45, 7) is 1.66. The van der Waals surface area contributed by atoms with Crippen LogP contribution in [0.1, 0.15) is 0 Å². The Hall–Kier alpha value is -1.06. The average molecular weight is 210 g/mol. The van der Waals surface area contributed by atoms with Crippen LogP contribution in [0, 0.1) is 0 Å². The van der Waals surface area contributed by atoms with Crippen molar-refractivity contribution >= 4 is 22.5 Å². The molecule has 3 nitrogen and oxygen atoms in total. The molecule has 0 fully saturated rings. The highest BCUT2D eigenvalue weighted by atomic mass is 35.5. The Morgan fingerprint density at radius 1 is 1.43 bits per heavy atom. The Balaban J connectivity index is 2.41. The number of likely N-dealkylation sites (N-methyl/N-ethyl adjacent to an activating group) is 1. The summed E-state index contributed by atoms with van der Waals surface area (Å²) in [7, 11) is 1.91. The predicted molar refractivity (Wildman–Crippen MR) is 58.7 cm³/mol. The molecule has 1 N–H and O–H groups in total. The molecule has 0 unspecified atom stereocenters. The molecule has 14 heavy (non-hydrogen) atoms. The van der Waals surface area contributed by atoms with Crippen molar-refractivity contribution in [2.24, 2.45) is 0 Å². The largest absolute Gasteiger partial charge is 0.318 e. The van der Waals surface area contributed by atoms with Gasteiger partial charge in [-0.1, -0.05) is 23.7 Å². The molecule has 0 atom stereocenters. The first-order valence-corrected chi connectivity index (χ1v) is 4.96. The minimum Gasteiger partial charge on any atom is -0.318 e. The molecule has 1 aromatic heterocycles. The maximum atomic E-state index is 6.17. The van der Waals surface area contributed by atoms with Crippen molar-refractivity contribution in [2.45, 2.75) is 6.54 Å². The molecule has 0 saturated carbocycles. The molecule has 4 heteroatoms. The molecule has 2 rings (SSSR count). The Bertz CT molecular complexity index is 436. The van der Waals surface area contributed by atoms with Crippen molar-refractivity contribution < 1.29 is 0 Å². The fourth-order valence-electron chi connectivity index (χ4n) is 1.41. The van der Waals surface area contributed by atoms with Crippen LogP contribution in [-0.4, -0.2) is 23.4 Å². The van der Waals surface area contributed by atoms with Crippen molar-refractivity contribution in [3.63, 3.8) is 0 Å². The molecule has 0 amide bonds. The molecule has 0 aliphatic rings. The minimum atomic E-state index is 0.718. The van der Waals surface area contributed by atoms with E-state index in [9.17, 15) is 0 Å². The van der Waals surface area contributed by atoms with Gasteiger partial charge in [-0.3, -0.25) is 4.68 Å². The Labute approximate surface area is 87.7 Å². The van der Waals surface area contributed by atoms with Gasteiger partial charge >= 0.3 is 0 Å². The van der Waals surface area contributed by atoms with E-state index in [2.05, 4.69) is 10.4 Å². The van der Waals surface area contributed by atoms with Crippen LogP contribution in [0.5, 0.6) is 0 Å². The van der Waals surface area contributed by atoms with Gasteiger partial charge in [-0.15, -0.1) is 0 Å². The van der Waals surface area contributed by atoms with Gasteiger partial charge in [0.15, 0.2) is 0 Å². The molecular formula is C10H12ClN3. The first kappa shape index (κ1) is 9.49. The van der Waals surface area contributed by atoms with E-state index < -0.39 is 0 Å². The maximum absolute atomic E-state index is 6.17. The smallest absolute Gasteiger partial charge is 0.134 e. The Morgan fingerprint density at radius 3 is 2.93 bits per heavy atom. The summed E-state index contributed by atoms with van der Waals surface area (Å²) in [6, 6.07) is 7.89. The number of fused-ring (bicyclic) bond motifs is 1. The molecule has 1 heterocycles. The lowest BCUT2D eigenvalue weighted by Gasteiger charge is -2.00. The van der Waals surface area contributed by atoms with Crippen LogP contribution in [-0.2, 0) is 6.54 Å². The average Bonchev–Trinajstić information content (AvgIpc) is 2.54. The van der Waals surface area contributed by atoms with E-state index in [0.717, 1.165) is 29.1 Å². The van der Waals surface area contributed by atoms with Gasteiger partial charge < -0.3 is 5.32 Å². The summed E-state index contributed by atoms with van der Waals surface area (Å²) in [4.78, 5) is 0. The zero-order valence-corrected chi connectivity index (χ0v) is 8.75. The second kappa shape index (κ2) is 3.98. The molecule has 0 saturated heterocycles. The molecule has 0 aliphatic heterocycles. The standard InChI is InChI=1S/C10H12ClN3/c1-12-6-7-14-10(11)8-4-2-3-5-9(8)13-14/h2-5,12H,6-7H2,1H3. The lowest BCUT2D eigenvalue weighted by Crippen LogP contribution is -2.15. The van der Waals surface area contributed by atoms with Gasteiger partial charge in [0.1, 0.15) is 5.15 Å². The number of benzene rings is 1. The van der Waals surface area contributed by atoms with E-state index in [4.69, 9.17) is 11.6 Å². The van der Waals surface area contributed by atoms with Gasteiger partial charge in [0.25, 0.3) is 0 Å². The number of nitrogens with one attached hydrogen (secondary N) is 1. The van der Waals surface area contributed by atoms with E-state index in [1.807, 2.05) is 36.0 Å². The molecule has 0 radical (unpaired) electrons. The lowest BCUT2D eigenvalue weighted by atomic mass is 10.3. The third kappa shape index (κ3) is 1.61. The van der Waals surface area contributed by atoms with Crippen molar-refractivity contribution in [3.8, 4) is 0 Å². The summed E-state index contributed by atoms with van der Waals surface area (Å²) in [6.07, 6.45) is 0. The second-order valence-corrected chi connectivity index (χ2v) is 3.49. The molecule has 2 aromatic rings. The third-order valence-corrected chi connectivity index (χ3v) is 2.55. The lowest BCUT2D eigenvalue weighted by molar-refractivity contribution is 0.590.